The molecule has 3 nitrogen and oxygen atoms in total. The molecule has 3 heteroatoms. The molecule has 1 saturated heterocycles. The van der Waals surface area contributed by atoms with Crippen molar-refractivity contribution in [2.45, 2.75) is 57.6 Å². The zero-order chi connectivity index (χ0) is 11.8. The molecule has 0 radical (unpaired) electrons. The maximum absolute atomic E-state index is 11.7. The van der Waals surface area contributed by atoms with Crippen LogP contribution in [0, 0.1) is 12.3 Å². The molecule has 0 spiro atoms. The Morgan fingerprint density at radius 3 is 3.00 bits per heavy atom. The van der Waals surface area contributed by atoms with Gasteiger partial charge in [-0.3, -0.25) is 4.79 Å². The van der Waals surface area contributed by atoms with Gasteiger partial charge in [0.2, 0.25) is 5.91 Å². The van der Waals surface area contributed by atoms with Crippen LogP contribution in [0.3, 0.4) is 0 Å². The first-order valence-electron chi connectivity index (χ1n) is 6.10. The lowest BCUT2D eigenvalue weighted by Gasteiger charge is -2.23. The van der Waals surface area contributed by atoms with Crippen molar-refractivity contribution in [2.75, 3.05) is 6.61 Å². The fourth-order valence-corrected chi connectivity index (χ4v) is 1.90. The average molecular weight is 223 g/mol. The molecule has 0 saturated carbocycles. The first-order chi connectivity index (χ1) is 7.76. The Hall–Kier alpha value is -1.01. The molecule has 16 heavy (non-hydrogen) atoms. The third-order valence-corrected chi connectivity index (χ3v) is 2.91. The van der Waals surface area contributed by atoms with Gasteiger partial charge in [0.15, 0.2) is 0 Å². The van der Waals surface area contributed by atoms with Crippen LogP contribution in [0.5, 0.6) is 0 Å². The fourth-order valence-electron chi connectivity index (χ4n) is 1.90. The Balaban J connectivity index is 2.25. The number of hydrogen-bond acceptors (Lipinski definition) is 2. The zero-order valence-electron chi connectivity index (χ0n) is 10.00. The van der Waals surface area contributed by atoms with Gasteiger partial charge in [-0.15, -0.1) is 12.3 Å². The lowest BCUT2D eigenvalue weighted by atomic mass is 10.1. The molecule has 2 atom stereocenters. The molecule has 0 aromatic heterocycles. The van der Waals surface area contributed by atoms with Crippen molar-refractivity contribution < 1.29 is 9.53 Å². The molecule has 0 aliphatic carbocycles. The van der Waals surface area contributed by atoms with Gasteiger partial charge in [0, 0.05) is 19.1 Å². The first-order valence-corrected chi connectivity index (χ1v) is 6.10. The van der Waals surface area contributed by atoms with Crippen LogP contribution in [0.25, 0.3) is 0 Å². The van der Waals surface area contributed by atoms with E-state index in [1.165, 1.54) is 6.42 Å². The Bertz CT molecular complexity index is 251. The summed E-state index contributed by atoms with van der Waals surface area (Å²) < 4.78 is 5.52. The average Bonchev–Trinajstić information content (AvgIpc) is 2.29. The highest BCUT2D eigenvalue weighted by molar-refractivity contribution is 5.76. The summed E-state index contributed by atoms with van der Waals surface area (Å²) in [7, 11) is 0. The summed E-state index contributed by atoms with van der Waals surface area (Å²) in [6.07, 6.45) is 10.6. The molecule has 1 fully saturated rings. The number of nitrogens with one attached hydrogen (secondary N) is 1. The standard InChI is InChI=1S/C13H21NO2/c1-3-7-11(4-2)14-13(15)10-12-8-5-6-9-16-12/h1,11-12H,4-10H2,2H3,(H,14,15). The van der Waals surface area contributed by atoms with Crippen LogP contribution in [0.4, 0.5) is 0 Å². The van der Waals surface area contributed by atoms with Crippen LogP contribution in [0.1, 0.15) is 45.4 Å². The number of amides is 1. The smallest absolute Gasteiger partial charge is 0.222 e. The predicted molar refractivity (Wildman–Crippen MR) is 63.9 cm³/mol. The molecule has 1 amide bonds. The van der Waals surface area contributed by atoms with Crippen LogP contribution in [0.2, 0.25) is 0 Å². The Morgan fingerprint density at radius 1 is 1.62 bits per heavy atom. The summed E-state index contributed by atoms with van der Waals surface area (Å²) in [5.74, 6) is 2.65. The van der Waals surface area contributed by atoms with E-state index in [-0.39, 0.29) is 18.1 Å². The molecule has 0 aromatic rings. The van der Waals surface area contributed by atoms with Crippen molar-refractivity contribution in [3.05, 3.63) is 0 Å². The largest absolute Gasteiger partial charge is 0.378 e. The normalized spacial score (nSPS) is 22.1. The highest BCUT2D eigenvalue weighted by atomic mass is 16.5. The van der Waals surface area contributed by atoms with Gasteiger partial charge >= 0.3 is 0 Å². The minimum atomic E-state index is 0.0639. The number of terminal acetylenes is 1. The topological polar surface area (TPSA) is 38.3 Å². The van der Waals surface area contributed by atoms with Crippen LogP contribution < -0.4 is 5.32 Å². The SMILES string of the molecule is C#CCC(CC)NC(=O)CC1CCCCO1. The van der Waals surface area contributed by atoms with Crippen LogP contribution in [-0.4, -0.2) is 24.7 Å². The predicted octanol–water partition coefficient (Wildman–Crippen LogP) is 1.86. The van der Waals surface area contributed by atoms with Crippen LogP contribution >= 0.6 is 0 Å². The maximum Gasteiger partial charge on any atom is 0.222 e. The summed E-state index contributed by atoms with van der Waals surface area (Å²) in [5.41, 5.74) is 0. The minimum Gasteiger partial charge on any atom is -0.378 e. The van der Waals surface area contributed by atoms with Gasteiger partial charge in [0.1, 0.15) is 0 Å². The lowest BCUT2D eigenvalue weighted by Crippen LogP contribution is -2.37. The van der Waals surface area contributed by atoms with Crippen molar-refractivity contribution in [3.8, 4) is 12.3 Å². The monoisotopic (exact) mass is 223 g/mol. The van der Waals surface area contributed by atoms with Crippen molar-refractivity contribution in [1.82, 2.24) is 5.32 Å². The van der Waals surface area contributed by atoms with E-state index < -0.39 is 0 Å². The second kappa shape index (κ2) is 7.29. The summed E-state index contributed by atoms with van der Waals surface area (Å²) in [6, 6.07) is 0.112. The van der Waals surface area contributed by atoms with Crippen molar-refractivity contribution in [1.29, 1.82) is 0 Å². The van der Waals surface area contributed by atoms with E-state index in [0.29, 0.717) is 12.8 Å². The van der Waals surface area contributed by atoms with E-state index in [0.717, 1.165) is 25.9 Å². The zero-order valence-corrected chi connectivity index (χ0v) is 10.00. The van der Waals surface area contributed by atoms with Crippen molar-refractivity contribution in [3.63, 3.8) is 0 Å². The van der Waals surface area contributed by atoms with E-state index in [1.807, 2.05) is 6.92 Å². The molecule has 1 aliphatic rings. The second-order valence-electron chi connectivity index (χ2n) is 4.27. The quantitative estimate of drug-likeness (QED) is 0.722. The summed E-state index contributed by atoms with van der Waals surface area (Å²) in [6.45, 7) is 2.82. The summed E-state index contributed by atoms with van der Waals surface area (Å²) in [4.78, 5) is 11.7. The Kier molecular flexibility index (Phi) is 5.95. The number of rotatable bonds is 5. The van der Waals surface area contributed by atoms with Gasteiger partial charge in [-0.1, -0.05) is 6.92 Å². The molecule has 0 bridgehead atoms. The molecule has 0 aromatic carbocycles. The van der Waals surface area contributed by atoms with Gasteiger partial charge in [-0.2, -0.15) is 0 Å². The maximum atomic E-state index is 11.7. The summed E-state index contributed by atoms with van der Waals surface area (Å²) in [5, 5.41) is 2.95. The lowest BCUT2D eigenvalue weighted by molar-refractivity contribution is -0.125. The van der Waals surface area contributed by atoms with Crippen molar-refractivity contribution >= 4 is 5.91 Å². The van der Waals surface area contributed by atoms with Gasteiger partial charge < -0.3 is 10.1 Å². The molecule has 1 aliphatic heterocycles. The minimum absolute atomic E-state index is 0.0639. The van der Waals surface area contributed by atoms with Gasteiger partial charge in [0.05, 0.1) is 12.5 Å². The Morgan fingerprint density at radius 2 is 2.44 bits per heavy atom. The van der Waals surface area contributed by atoms with Gasteiger partial charge in [0.25, 0.3) is 0 Å². The van der Waals surface area contributed by atoms with Crippen LogP contribution in [0.15, 0.2) is 0 Å². The molecule has 2 unspecified atom stereocenters. The van der Waals surface area contributed by atoms with E-state index in [2.05, 4.69) is 11.2 Å². The number of ether oxygens (including phenoxy) is 1. The fraction of sp³-hybridized carbons (Fsp3) is 0.769. The van der Waals surface area contributed by atoms with Gasteiger partial charge in [-0.05, 0) is 25.7 Å². The number of carbonyl (C=O) groups excluding carboxylic acids is 1. The molecule has 1 rings (SSSR count). The van der Waals surface area contributed by atoms with Crippen LogP contribution in [-0.2, 0) is 9.53 Å². The highest BCUT2D eigenvalue weighted by Crippen LogP contribution is 2.15. The number of carbonyl (C=O) groups is 1. The summed E-state index contributed by atoms with van der Waals surface area (Å²) >= 11 is 0. The van der Waals surface area contributed by atoms with Gasteiger partial charge in [-0.25, -0.2) is 0 Å². The highest BCUT2D eigenvalue weighted by Gasteiger charge is 2.18. The first kappa shape index (κ1) is 13.1. The van der Waals surface area contributed by atoms with Crippen molar-refractivity contribution in [2.24, 2.45) is 0 Å². The second-order valence-corrected chi connectivity index (χ2v) is 4.27. The third kappa shape index (κ3) is 4.67. The third-order valence-electron chi connectivity index (χ3n) is 2.91. The van der Waals surface area contributed by atoms with E-state index in [1.54, 1.807) is 0 Å². The van der Waals surface area contributed by atoms with E-state index in [9.17, 15) is 4.79 Å². The van der Waals surface area contributed by atoms with E-state index in [4.69, 9.17) is 11.2 Å². The molecule has 90 valence electrons. The van der Waals surface area contributed by atoms with E-state index >= 15 is 0 Å². The number of hydrogen-bond donors (Lipinski definition) is 1. The molecule has 1 heterocycles. The molecular formula is C13H21NO2. The Labute approximate surface area is 97.9 Å². The molecule has 1 N–H and O–H groups in total. The molecular weight excluding hydrogens is 202 g/mol.